The number of hydrogen-bond acceptors (Lipinski definition) is 3. The van der Waals surface area contributed by atoms with E-state index in [-0.39, 0.29) is 11.7 Å². The van der Waals surface area contributed by atoms with Crippen LogP contribution in [-0.4, -0.2) is 18.8 Å². The van der Waals surface area contributed by atoms with E-state index < -0.39 is 0 Å². The van der Waals surface area contributed by atoms with E-state index in [9.17, 15) is 9.59 Å². The van der Waals surface area contributed by atoms with Crippen LogP contribution in [0.4, 0.5) is 5.69 Å². The minimum atomic E-state index is -0.262. The van der Waals surface area contributed by atoms with E-state index in [1.54, 1.807) is 31.4 Å². The van der Waals surface area contributed by atoms with Crippen LogP contribution in [-0.2, 0) is 4.79 Å². The molecule has 0 aromatic heterocycles. The van der Waals surface area contributed by atoms with E-state index in [4.69, 9.17) is 4.74 Å². The van der Waals surface area contributed by atoms with Crippen molar-refractivity contribution in [3.8, 4) is 5.75 Å². The maximum atomic E-state index is 12.5. The molecule has 134 valence electrons. The predicted molar refractivity (Wildman–Crippen MR) is 109 cm³/mol. The first-order chi connectivity index (χ1) is 13.1. The zero-order valence-electron chi connectivity index (χ0n) is 14.9. The minimum Gasteiger partial charge on any atom is -0.497 e. The van der Waals surface area contributed by atoms with Gasteiger partial charge >= 0.3 is 0 Å². The van der Waals surface area contributed by atoms with Crippen LogP contribution in [0.3, 0.4) is 0 Å². The van der Waals surface area contributed by atoms with Gasteiger partial charge < -0.3 is 10.1 Å². The topological polar surface area (TPSA) is 55.4 Å². The van der Waals surface area contributed by atoms with Gasteiger partial charge in [-0.25, -0.2) is 0 Å². The molecule has 0 saturated heterocycles. The van der Waals surface area contributed by atoms with Gasteiger partial charge in [0.1, 0.15) is 5.75 Å². The number of rotatable bonds is 6. The summed E-state index contributed by atoms with van der Waals surface area (Å²) in [6.07, 6.45) is 4.51. The number of benzene rings is 3. The van der Waals surface area contributed by atoms with Crippen molar-refractivity contribution in [2.24, 2.45) is 0 Å². The van der Waals surface area contributed by atoms with Gasteiger partial charge in [-0.3, -0.25) is 9.59 Å². The first-order valence-electron chi connectivity index (χ1n) is 8.43. The van der Waals surface area contributed by atoms with Crippen molar-refractivity contribution in [1.82, 2.24) is 0 Å². The Hall–Kier alpha value is -3.66. The smallest absolute Gasteiger partial charge is 0.247 e. The fourth-order valence-corrected chi connectivity index (χ4v) is 2.64. The van der Waals surface area contributed by atoms with Crippen LogP contribution in [0.25, 0.3) is 16.8 Å². The fourth-order valence-electron chi connectivity index (χ4n) is 2.64. The summed E-state index contributed by atoms with van der Waals surface area (Å²) in [5, 5.41) is 4.68. The number of amides is 1. The third-order valence-corrected chi connectivity index (χ3v) is 4.12. The molecule has 3 rings (SSSR count). The summed E-state index contributed by atoms with van der Waals surface area (Å²) in [6.45, 7) is 3.41. The van der Waals surface area contributed by atoms with Crippen molar-refractivity contribution >= 4 is 34.2 Å². The van der Waals surface area contributed by atoms with Crippen LogP contribution in [0, 0.1) is 0 Å². The van der Waals surface area contributed by atoms with Gasteiger partial charge in [-0.15, -0.1) is 0 Å². The quantitative estimate of drug-likeness (QED) is 0.506. The molecular formula is C23H19NO3. The highest BCUT2D eigenvalue weighted by atomic mass is 16.5. The van der Waals surface area contributed by atoms with Crippen LogP contribution in [0.1, 0.15) is 15.9 Å². The number of anilines is 1. The van der Waals surface area contributed by atoms with Gasteiger partial charge in [-0.1, -0.05) is 43.0 Å². The van der Waals surface area contributed by atoms with E-state index in [2.05, 4.69) is 11.9 Å². The Morgan fingerprint density at radius 3 is 2.37 bits per heavy atom. The van der Waals surface area contributed by atoms with E-state index in [0.717, 1.165) is 22.1 Å². The molecule has 1 N–H and O–H groups in total. The molecule has 0 radical (unpaired) electrons. The second-order valence-electron chi connectivity index (χ2n) is 5.94. The summed E-state index contributed by atoms with van der Waals surface area (Å²) >= 11 is 0. The van der Waals surface area contributed by atoms with Gasteiger partial charge in [0.15, 0.2) is 5.78 Å². The Balaban J connectivity index is 1.73. The Labute approximate surface area is 157 Å². The largest absolute Gasteiger partial charge is 0.497 e. The lowest BCUT2D eigenvalue weighted by Crippen LogP contribution is -2.06. The van der Waals surface area contributed by atoms with Crippen LogP contribution in [0.5, 0.6) is 5.75 Å². The van der Waals surface area contributed by atoms with E-state index in [1.807, 2.05) is 48.5 Å². The summed E-state index contributed by atoms with van der Waals surface area (Å²) in [5.74, 6) is 0.452. The molecule has 3 aromatic rings. The molecule has 0 heterocycles. The Bertz CT molecular complexity index is 1030. The summed E-state index contributed by atoms with van der Waals surface area (Å²) in [5.41, 5.74) is 2.16. The summed E-state index contributed by atoms with van der Waals surface area (Å²) < 4.78 is 5.22. The highest BCUT2D eigenvalue weighted by Gasteiger charge is 2.04. The Morgan fingerprint density at radius 2 is 1.67 bits per heavy atom. The lowest BCUT2D eigenvalue weighted by Gasteiger charge is -2.04. The first kappa shape index (κ1) is 18.1. The second-order valence-corrected chi connectivity index (χ2v) is 5.94. The standard InChI is InChI=1S/C23H19NO3/c1-3-23(26)24-20-10-4-16(5-11-20)6-13-22(25)19-8-7-18-15-21(27-2)12-9-17(18)14-19/h3-15H,1H2,2H3,(H,24,26)/b13-6+. The van der Waals surface area contributed by atoms with Gasteiger partial charge in [0.05, 0.1) is 7.11 Å². The van der Waals surface area contributed by atoms with Crippen molar-refractivity contribution in [3.63, 3.8) is 0 Å². The highest BCUT2D eigenvalue weighted by molar-refractivity contribution is 6.08. The highest BCUT2D eigenvalue weighted by Crippen LogP contribution is 2.22. The molecule has 0 unspecified atom stereocenters. The zero-order valence-corrected chi connectivity index (χ0v) is 14.9. The zero-order chi connectivity index (χ0) is 19.2. The van der Waals surface area contributed by atoms with Gasteiger partial charge in [0.25, 0.3) is 0 Å². The van der Waals surface area contributed by atoms with Crippen molar-refractivity contribution < 1.29 is 14.3 Å². The molecule has 0 aliphatic carbocycles. The number of ether oxygens (including phenoxy) is 1. The molecule has 0 aliphatic heterocycles. The molecule has 3 aromatic carbocycles. The van der Waals surface area contributed by atoms with Crippen molar-refractivity contribution in [1.29, 1.82) is 0 Å². The molecule has 0 fully saturated rings. The van der Waals surface area contributed by atoms with Gasteiger partial charge in [0.2, 0.25) is 5.91 Å². The number of allylic oxidation sites excluding steroid dienone is 1. The van der Waals surface area contributed by atoms with Crippen LogP contribution in [0.2, 0.25) is 0 Å². The van der Waals surface area contributed by atoms with Crippen LogP contribution in [0.15, 0.2) is 79.4 Å². The molecule has 0 atom stereocenters. The number of methoxy groups -OCH3 is 1. The van der Waals surface area contributed by atoms with Gasteiger partial charge in [0, 0.05) is 11.3 Å². The lowest BCUT2D eigenvalue weighted by atomic mass is 10.0. The van der Waals surface area contributed by atoms with Crippen LogP contribution >= 0.6 is 0 Å². The number of nitrogens with one attached hydrogen (secondary N) is 1. The number of hydrogen-bond donors (Lipinski definition) is 1. The monoisotopic (exact) mass is 357 g/mol. The van der Waals surface area contributed by atoms with Gasteiger partial charge in [-0.2, -0.15) is 0 Å². The molecule has 4 heteroatoms. The third kappa shape index (κ3) is 4.50. The maximum Gasteiger partial charge on any atom is 0.247 e. The molecule has 0 bridgehead atoms. The van der Waals surface area contributed by atoms with Crippen molar-refractivity contribution in [2.45, 2.75) is 0 Å². The maximum absolute atomic E-state index is 12.5. The molecule has 0 saturated carbocycles. The average molecular weight is 357 g/mol. The average Bonchev–Trinajstić information content (AvgIpc) is 2.72. The minimum absolute atomic E-state index is 0.0724. The first-order valence-corrected chi connectivity index (χ1v) is 8.43. The number of carbonyl (C=O) groups excluding carboxylic acids is 2. The third-order valence-electron chi connectivity index (χ3n) is 4.12. The lowest BCUT2D eigenvalue weighted by molar-refractivity contribution is -0.111. The SMILES string of the molecule is C=CC(=O)Nc1ccc(/C=C/C(=O)c2ccc3cc(OC)ccc3c2)cc1. The Kier molecular flexibility index (Phi) is 5.47. The summed E-state index contributed by atoms with van der Waals surface area (Å²) in [7, 11) is 1.63. The fraction of sp³-hybridized carbons (Fsp3) is 0.0435. The van der Waals surface area contributed by atoms with Crippen molar-refractivity contribution in [2.75, 3.05) is 12.4 Å². The van der Waals surface area contributed by atoms with E-state index in [1.165, 1.54) is 6.08 Å². The summed E-state index contributed by atoms with van der Waals surface area (Å²) in [4.78, 5) is 23.7. The number of fused-ring (bicyclic) bond motifs is 1. The number of carbonyl (C=O) groups is 2. The second kappa shape index (κ2) is 8.15. The normalized spacial score (nSPS) is 10.7. The molecule has 0 spiro atoms. The predicted octanol–water partition coefficient (Wildman–Crippen LogP) is 4.87. The molecule has 0 aliphatic rings. The van der Waals surface area contributed by atoms with E-state index >= 15 is 0 Å². The van der Waals surface area contributed by atoms with Crippen LogP contribution < -0.4 is 10.1 Å². The van der Waals surface area contributed by atoms with Crippen molar-refractivity contribution in [3.05, 3.63) is 90.5 Å². The summed E-state index contributed by atoms with van der Waals surface area (Å²) in [6, 6.07) is 18.5. The Morgan fingerprint density at radius 1 is 0.963 bits per heavy atom. The molecule has 4 nitrogen and oxygen atoms in total. The van der Waals surface area contributed by atoms with E-state index in [0.29, 0.717) is 11.3 Å². The molecule has 1 amide bonds. The molecule has 27 heavy (non-hydrogen) atoms. The molecular weight excluding hydrogens is 338 g/mol. The number of ketones is 1. The van der Waals surface area contributed by atoms with Gasteiger partial charge in [-0.05, 0) is 58.8 Å².